The molecule has 2 heterocycles. The lowest BCUT2D eigenvalue weighted by Crippen LogP contribution is -2.39. The van der Waals surface area contributed by atoms with Crippen molar-refractivity contribution in [2.45, 2.75) is 43.9 Å². The van der Waals surface area contributed by atoms with Crippen LogP contribution in [0.1, 0.15) is 43.1 Å². The summed E-state index contributed by atoms with van der Waals surface area (Å²) in [5.41, 5.74) is 2.18. The number of sulfonamides is 1. The molecule has 2 bridgehead atoms. The summed E-state index contributed by atoms with van der Waals surface area (Å²) in [5.74, 6) is 1.20. The molecule has 2 fully saturated rings. The number of urea groups is 1. The van der Waals surface area contributed by atoms with E-state index in [1.165, 1.54) is 7.11 Å². The number of methoxy groups -OCH3 is 1. The molecule has 11 heteroatoms. The van der Waals surface area contributed by atoms with Gasteiger partial charge < -0.3 is 20.3 Å². The molecule has 2 saturated heterocycles. The lowest BCUT2D eigenvalue weighted by atomic mass is 9.86. The highest BCUT2D eigenvalue weighted by Crippen LogP contribution is 2.40. The van der Waals surface area contributed by atoms with Crippen molar-refractivity contribution in [3.8, 4) is 5.75 Å². The number of likely N-dealkylation sites (tertiary alicyclic amines) is 1. The van der Waals surface area contributed by atoms with E-state index in [9.17, 15) is 18.0 Å². The molecule has 3 aromatic rings. The second kappa shape index (κ2) is 10.5. The quantitative estimate of drug-likeness (QED) is 0.354. The molecule has 40 heavy (non-hydrogen) atoms. The van der Waals surface area contributed by atoms with Crippen molar-refractivity contribution >= 4 is 61.6 Å². The minimum Gasteiger partial charge on any atom is -0.492 e. The lowest BCUT2D eigenvalue weighted by molar-refractivity contribution is 0.0749. The number of benzene rings is 3. The molecule has 3 amide bonds. The van der Waals surface area contributed by atoms with Crippen LogP contribution in [0.2, 0.25) is 0 Å². The van der Waals surface area contributed by atoms with Gasteiger partial charge in [0.15, 0.2) is 5.75 Å². The van der Waals surface area contributed by atoms with Crippen molar-refractivity contribution in [3.05, 3.63) is 59.7 Å². The Balaban J connectivity index is 1.44. The highest BCUT2D eigenvalue weighted by molar-refractivity contribution is 8.00. The fourth-order valence-electron chi connectivity index (χ4n) is 5.32. The zero-order chi connectivity index (χ0) is 28.8. The molecule has 5 rings (SSSR count). The molecule has 3 N–H and O–H groups in total. The average Bonchev–Trinajstić information content (AvgIpc) is 3.51. The summed E-state index contributed by atoms with van der Waals surface area (Å²) in [5, 5.41) is 7.77. The molecule has 0 radical (unpaired) electrons. The van der Waals surface area contributed by atoms with Crippen LogP contribution in [0.5, 0.6) is 5.75 Å². The van der Waals surface area contributed by atoms with E-state index >= 15 is 0 Å². The lowest BCUT2D eigenvalue weighted by Gasteiger charge is -2.27. The maximum Gasteiger partial charge on any atom is 0.323 e. The normalized spacial score (nSPS) is 18.6. The second-order valence-corrected chi connectivity index (χ2v) is 14.4. The third kappa shape index (κ3) is 5.71. The Bertz CT molecular complexity index is 1600. The second-order valence-electron chi connectivity index (χ2n) is 11.3. The largest absolute Gasteiger partial charge is 0.492 e. The van der Waals surface area contributed by atoms with Gasteiger partial charge in [0.2, 0.25) is 10.0 Å². The Labute approximate surface area is 239 Å². The minimum absolute atomic E-state index is 0.0228. The summed E-state index contributed by atoms with van der Waals surface area (Å²) >= 11 is 1.94. The number of fused-ring (bicyclic) bond motifs is 3. The number of ether oxygens (including phenoxy) is 1. The van der Waals surface area contributed by atoms with Gasteiger partial charge in [-0.1, -0.05) is 45.0 Å². The molecule has 2 aliphatic rings. The van der Waals surface area contributed by atoms with Gasteiger partial charge in [-0.25, -0.2) is 13.2 Å². The monoisotopic (exact) mass is 582 g/mol. The predicted molar refractivity (Wildman–Crippen MR) is 162 cm³/mol. The number of anilines is 3. The number of carbonyl (C=O) groups excluding carboxylic acids is 2. The van der Waals surface area contributed by atoms with Crippen molar-refractivity contribution in [2.24, 2.45) is 0 Å². The van der Waals surface area contributed by atoms with Crippen molar-refractivity contribution in [1.82, 2.24) is 4.90 Å². The van der Waals surface area contributed by atoms with Crippen LogP contribution in [0.4, 0.5) is 21.9 Å². The first-order valence-electron chi connectivity index (χ1n) is 13.1. The van der Waals surface area contributed by atoms with E-state index in [1.54, 1.807) is 24.3 Å². The molecule has 3 aromatic carbocycles. The van der Waals surface area contributed by atoms with Gasteiger partial charge in [0.05, 0.1) is 30.4 Å². The van der Waals surface area contributed by atoms with Crippen LogP contribution >= 0.6 is 11.8 Å². The van der Waals surface area contributed by atoms with Crippen molar-refractivity contribution in [2.75, 3.05) is 41.0 Å². The first-order chi connectivity index (χ1) is 18.8. The topological polar surface area (TPSA) is 117 Å². The number of hydrogen-bond acceptors (Lipinski definition) is 6. The van der Waals surface area contributed by atoms with Crippen LogP contribution in [-0.2, 0) is 15.4 Å². The van der Waals surface area contributed by atoms with Crippen LogP contribution in [0.3, 0.4) is 0 Å². The third-order valence-electron chi connectivity index (χ3n) is 7.27. The van der Waals surface area contributed by atoms with E-state index in [-0.39, 0.29) is 28.8 Å². The van der Waals surface area contributed by atoms with Crippen LogP contribution in [-0.4, -0.2) is 62.2 Å². The van der Waals surface area contributed by atoms with Gasteiger partial charge in [0, 0.05) is 34.5 Å². The molecule has 0 aromatic heterocycles. The molecule has 0 saturated carbocycles. The molecular formula is C29H34N4O5S2. The fraction of sp³-hybridized carbons (Fsp3) is 0.379. The number of carbonyl (C=O) groups is 2. The first kappa shape index (κ1) is 28.1. The summed E-state index contributed by atoms with van der Waals surface area (Å²) in [4.78, 5) is 28.8. The van der Waals surface area contributed by atoms with Gasteiger partial charge >= 0.3 is 6.03 Å². The highest BCUT2D eigenvalue weighted by atomic mass is 32.2. The van der Waals surface area contributed by atoms with E-state index in [0.29, 0.717) is 22.2 Å². The minimum atomic E-state index is -3.60. The maximum atomic E-state index is 13.5. The zero-order valence-corrected chi connectivity index (χ0v) is 24.8. The zero-order valence-electron chi connectivity index (χ0n) is 23.2. The predicted octanol–water partition coefficient (Wildman–Crippen LogP) is 5.49. The summed E-state index contributed by atoms with van der Waals surface area (Å²) in [6.45, 7) is 6.74. The Morgan fingerprint density at radius 2 is 1.68 bits per heavy atom. The van der Waals surface area contributed by atoms with Crippen LogP contribution in [0.25, 0.3) is 10.8 Å². The third-order valence-corrected chi connectivity index (χ3v) is 9.25. The summed E-state index contributed by atoms with van der Waals surface area (Å²) in [6, 6.07) is 14.3. The highest BCUT2D eigenvalue weighted by Gasteiger charge is 2.41. The maximum absolute atomic E-state index is 13.5. The van der Waals surface area contributed by atoms with Gasteiger partial charge in [-0.15, -0.1) is 0 Å². The van der Waals surface area contributed by atoms with Crippen LogP contribution in [0.15, 0.2) is 48.5 Å². The Kier molecular flexibility index (Phi) is 7.39. The SMILES string of the molecule is COc1c(NC(=O)Nc2ccc(C(=O)N3C[C@@H]4C[C@H]3CS4)c3ccccc23)cc(C(C)(C)C)cc1NS(C)(=O)=O. The standard InChI is InChI=1S/C29H34N4O5S2/c1-29(2,3)17-12-24(26(38-4)25(13-17)32-40(5,36)37)31-28(35)30-23-11-10-22(20-8-6-7-9-21(20)23)27(34)33-15-19-14-18(33)16-39-19/h6-13,18-19,32H,14-16H2,1-5H3,(H2,30,31,35)/t18-,19-/m0/s1. The molecule has 2 aliphatic heterocycles. The average molecular weight is 583 g/mol. The smallest absolute Gasteiger partial charge is 0.323 e. The van der Waals surface area contributed by atoms with E-state index < -0.39 is 16.1 Å². The van der Waals surface area contributed by atoms with Gasteiger partial charge in [-0.3, -0.25) is 9.52 Å². The number of nitrogens with zero attached hydrogens (tertiary/aromatic N) is 1. The number of amides is 3. The van der Waals surface area contributed by atoms with Crippen molar-refractivity contribution in [3.63, 3.8) is 0 Å². The fourth-order valence-corrected chi connectivity index (χ4v) is 7.31. The Morgan fingerprint density at radius 3 is 2.27 bits per heavy atom. The Morgan fingerprint density at radius 1 is 1.00 bits per heavy atom. The van der Waals surface area contributed by atoms with Crippen molar-refractivity contribution in [1.29, 1.82) is 0 Å². The van der Waals surface area contributed by atoms with Crippen LogP contribution in [0, 0.1) is 0 Å². The van der Waals surface area contributed by atoms with E-state index in [4.69, 9.17) is 4.74 Å². The van der Waals surface area contributed by atoms with E-state index in [0.717, 1.165) is 41.3 Å². The van der Waals surface area contributed by atoms with Gasteiger partial charge in [-0.2, -0.15) is 11.8 Å². The number of thioether (sulfide) groups is 1. The van der Waals surface area contributed by atoms with E-state index in [2.05, 4.69) is 15.4 Å². The molecule has 2 atom stereocenters. The molecule has 9 nitrogen and oxygen atoms in total. The summed E-state index contributed by atoms with van der Waals surface area (Å²) in [7, 11) is -2.19. The molecule has 0 spiro atoms. The number of rotatable bonds is 6. The summed E-state index contributed by atoms with van der Waals surface area (Å²) in [6.07, 6.45) is 2.11. The first-order valence-corrected chi connectivity index (χ1v) is 16.0. The van der Waals surface area contributed by atoms with Gasteiger partial charge in [0.1, 0.15) is 0 Å². The molecule has 0 aliphatic carbocycles. The van der Waals surface area contributed by atoms with Gasteiger partial charge in [-0.05, 0) is 47.1 Å². The summed E-state index contributed by atoms with van der Waals surface area (Å²) < 4.78 is 32.1. The van der Waals surface area contributed by atoms with Crippen molar-refractivity contribution < 1.29 is 22.7 Å². The molecule has 212 valence electrons. The number of nitrogens with one attached hydrogen (secondary N) is 3. The molecule has 0 unspecified atom stereocenters. The number of hydrogen-bond donors (Lipinski definition) is 3. The van der Waals surface area contributed by atoms with Crippen LogP contribution < -0.4 is 20.1 Å². The Hall–Kier alpha value is -3.44. The molecular weight excluding hydrogens is 548 g/mol. The van der Waals surface area contributed by atoms with E-state index in [1.807, 2.05) is 61.7 Å². The van der Waals surface area contributed by atoms with Gasteiger partial charge in [0.25, 0.3) is 5.91 Å².